The molecule has 23 heavy (non-hydrogen) atoms. The van der Waals surface area contributed by atoms with Crippen LogP contribution in [0.3, 0.4) is 0 Å². The van der Waals surface area contributed by atoms with Gasteiger partial charge in [-0.25, -0.2) is 0 Å². The third-order valence-corrected chi connectivity index (χ3v) is 3.74. The zero-order chi connectivity index (χ0) is 16.7. The molecule has 122 valence electrons. The van der Waals surface area contributed by atoms with Crippen LogP contribution in [0.15, 0.2) is 30.3 Å². The Morgan fingerprint density at radius 2 is 1.87 bits per heavy atom. The standard InChI is InChI=1S/C18H24N4O/c1-4-5-6-11-19-18(23)16-9-10-17(22-21-16)20-15-8-7-13(2)14(3)12-15/h7-10,12H,4-6,11H2,1-3H3,(H,19,23)(H,20,22). The third kappa shape index (κ3) is 5.06. The summed E-state index contributed by atoms with van der Waals surface area (Å²) in [7, 11) is 0. The van der Waals surface area contributed by atoms with Gasteiger partial charge in [-0.2, -0.15) is 0 Å². The molecule has 0 atom stereocenters. The molecule has 0 spiro atoms. The molecule has 0 radical (unpaired) electrons. The minimum Gasteiger partial charge on any atom is -0.351 e. The molecule has 5 heteroatoms. The second kappa shape index (κ2) is 8.27. The van der Waals surface area contributed by atoms with Crippen LogP contribution >= 0.6 is 0 Å². The van der Waals surface area contributed by atoms with Crippen LogP contribution in [-0.2, 0) is 0 Å². The monoisotopic (exact) mass is 312 g/mol. The summed E-state index contributed by atoms with van der Waals surface area (Å²) < 4.78 is 0. The second-order valence-electron chi connectivity index (χ2n) is 5.69. The van der Waals surface area contributed by atoms with Gasteiger partial charge in [-0.05, 0) is 55.7 Å². The number of benzene rings is 1. The van der Waals surface area contributed by atoms with E-state index in [4.69, 9.17) is 0 Å². The number of carbonyl (C=O) groups excluding carboxylic acids is 1. The SMILES string of the molecule is CCCCCNC(=O)c1ccc(Nc2ccc(C)c(C)c2)nn1. The van der Waals surface area contributed by atoms with Crippen molar-refractivity contribution in [1.82, 2.24) is 15.5 Å². The molecule has 2 N–H and O–H groups in total. The van der Waals surface area contributed by atoms with E-state index in [2.05, 4.69) is 53.7 Å². The van der Waals surface area contributed by atoms with Crippen LogP contribution in [0.4, 0.5) is 11.5 Å². The Morgan fingerprint density at radius 1 is 1.04 bits per heavy atom. The van der Waals surface area contributed by atoms with Crippen molar-refractivity contribution in [3.8, 4) is 0 Å². The Balaban J connectivity index is 1.93. The van der Waals surface area contributed by atoms with Crippen molar-refractivity contribution in [3.63, 3.8) is 0 Å². The zero-order valence-electron chi connectivity index (χ0n) is 14.0. The fourth-order valence-electron chi connectivity index (χ4n) is 2.15. The van der Waals surface area contributed by atoms with Crippen LogP contribution in [0.25, 0.3) is 0 Å². The van der Waals surface area contributed by atoms with Crippen LogP contribution < -0.4 is 10.6 Å². The lowest BCUT2D eigenvalue weighted by molar-refractivity contribution is 0.0947. The Bertz CT molecular complexity index is 653. The van der Waals surface area contributed by atoms with Crippen LogP contribution in [-0.4, -0.2) is 22.6 Å². The molecule has 0 bridgehead atoms. The maximum Gasteiger partial charge on any atom is 0.271 e. The Morgan fingerprint density at radius 3 is 2.52 bits per heavy atom. The van der Waals surface area contributed by atoms with Crippen molar-refractivity contribution >= 4 is 17.4 Å². The first-order chi connectivity index (χ1) is 11.1. The summed E-state index contributed by atoms with van der Waals surface area (Å²) in [6, 6.07) is 9.57. The van der Waals surface area contributed by atoms with Gasteiger partial charge < -0.3 is 10.6 Å². The first kappa shape index (κ1) is 16.9. The molecule has 0 unspecified atom stereocenters. The number of hydrogen-bond donors (Lipinski definition) is 2. The predicted molar refractivity (Wildman–Crippen MR) is 93.1 cm³/mol. The van der Waals surface area contributed by atoms with Crippen molar-refractivity contribution in [2.75, 3.05) is 11.9 Å². The highest BCUT2D eigenvalue weighted by atomic mass is 16.1. The van der Waals surface area contributed by atoms with Crippen LogP contribution in [0.1, 0.15) is 47.8 Å². The molecule has 0 saturated carbocycles. The largest absolute Gasteiger partial charge is 0.351 e. The molecule has 1 amide bonds. The smallest absolute Gasteiger partial charge is 0.271 e. The summed E-state index contributed by atoms with van der Waals surface area (Å²) >= 11 is 0. The molecule has 0 aliphatic heterocycles. The van der Waals surface area contributed by atoms with E-state index >= 15 is 0 Å². The molecule has 0 fully saturated rings. The van der Waals surface area contributed by atoms with Crippen LogP contribution in [0.5, 0.6) is 0 Å². The summed E-state index contributed by atoms with van der Waals surface area (Å²) in [6.07, 6.45) is 3.24. The number of carbonyl (C=O) groups is 1. The minimum absolute atomic E-state index is 0.175. The second-order valence-corrected chi connectivity index (χ2v) is 5.69. The number of nitrogens with one attached hydrogen (secondary N) is 2. The maximum absolute atomic E-state index is 11.9. The summed E-state index contributed by atoms with van der Waals surface area (Å²) in [5.74, 6) is 0.446. The van der Waals surface area contributed by atoms with Gasteiger partial charge in [0.1, 0.15) is 0 Å². The number of unbranched alkanes of at least 4 members (excludes halogenated alkanes) is 2. The summed E-state index contributed by atoms with van der Waals surface area (Å²) in [5.41, 5.74) is 3.76. The highest BCUT2D eigenvalue weighted by Crippen LogP contribution is 2.17. The zero-order valence-corrected chi connectivity index (χ0v) is 14.0. The van der Waals surface area contributed by atoms with Crippen molar-refractivity contribution < 1.29 is 4.79 Å². The molecule has 1 aromatic carbocycles. The van der Waals surface area contributed by atoms with Gasteiger partial charge in [-0.3, -0.25) is 4.79 Å². The van der Waals surface area contributed by atoms with E-state index in [0.717, 1.165) is 24.9 Å². The van der Waals surface area contributed by atoms with Crippen LogP contribution in [0.2, 0.25) is 0 Å². The van der Waals surface area contributed by atoms with Gasteiger partial charge in [-0.1, -0.05) is 25.8 Å². The number of anilines is 2. The molecule has 0 aliphatic carbocycles. The van der Waals surface area contributed by atoms with Gasteiger partial charge in [0, 0.05) is 12.2 Å². The summed E-state index contributed by atoms with van der Waals surface area (Å²) in [5, 5.41) is 14.1. The van der Waals surface area contributed by atoms with Crippen molar-refractivity contribution in [2.45, 2.75) is 40.0 Å². The van der Waals surface area contributed by atoms with Crippen molar-refractivity contribution in [2.24, 2.45) is 0 Å². The lowest BCUT2D eigenvalue weighted by Gasteiger charge is -2.08. The van der Waals surface area contributed by atoms with Gasteiger partial charge in [0.05, 0.1) is 0 Å². The number of hydrogen-bond acceptors (Lipinski definition) is 4. The van der Waals surface area contributed by atoms with Crippen molar-refractivity contribution in [1.29, 1.82) is 0 Å². The molecule has 1 heterocycles. The Hall–Kier alpha value is -2.43. The quantitative estimate of drug-likeness (QED) is 0.764. The van der Waals surface area contributed by atoms with Gasteiger partial charge in [-0.15, -0.1) is 10.2 Å². The van der Waals surface area contributed by atoms with Crippen molar-refractivity contribution in [3.05, 3.63) is 47.2 Å². The molecular weight excluding hydrogens is 288 g/mol. The van der Waals surface area contributed by atoms with E-state index < -0.39 is 0 Å². The predicted octanol–water partition coefficient (Wildman–Crippen LogP) is 3.76. The third-order valence-electron chi connectivity index (χ3n) is 3.74. The Labute approximate surface area is 137 Å². The molecule has 0 saturated heterocycles. The first-order valence-corrected chi connectivity index (χ1v) is 8.06. The Kier molecular flexibility index (Phi) is 6.09. The van der Waals surface area contributed by atoms with Gasteiger partial charge in [0.25, 0.3) is 5.91 Å². The fraction of sp³-hybridized carbons (Fsp3) is 0.389. The molecule has 1 aromatic heterocycles. The number of rotatable bonds is 7. The van der Waals surface area contributed by atoms with E-state index in [1.807, 2.05) is 6.07 Å². The van der Waals surface area contributed by atoms with Crippen LogP contribution in [0, 0.1) is 13.8 Å². The van der Waals surface area contributed by atoms with E-state index in [9.17, 15) is 4.79 Å². The number of amides is 1. The number of aromatic nitrogens is 2. The van der Waals surface area contributed by atoms with Gasteiger partial charge in [0.15, 0.2) is 11.5 Å². The molecule has 2 rings (SSSR count). The lowest BCUT2D eigenvalue weighted by Crippen LogP contribution is -2.25. The highest BCUT2D eigenvalue weighted by Gasteiger charge is 2.07. The van der Waals surface area contributed by atoms with E-state index in [-0.39, 0.29) is 5.91 Å². The van der Waals surface area contributed by atoms with E-state index in [1.54, 1.807) is 12.1 Å². The van der Waals surface area contributed by atoms with Gasteiger partial charge in [0.2, 0.25) is 0 Å². The first-order valence-electron chi connectivity index (χ1n) is 8.06. The summed E-state index contributed by atoms with van der Waals surface area (Å²) in [6.45, 7) is 6.95. The van der Waals surface area contributed by atoms with E-state index in [0.29, 0.717) is 18.1 Å². The summed E-state index contributed by atoms with van der Waals surface area (Å²) in [4.78, 5) is 11.9. The van der Waals surface area contributed by atoms with E-state index in [1.165, 1.54) is 11.1 Å². The molecular formula is C18H24N4O. The molecule has 0 aliphatic rings. The number of aryl methyl sites for hydroxylation is 2. The average Bonchev–Trinajstić information content (AvgIpc) is 2.55. The fourth-order valence-corrected chi connectivity index (χ4v) is 2.15. The average molecular weight is 312 g/mol. The topological polar surface area (TPSA) is 66.9 Å². The normalized spacial score (nSPS) is 10.4. The minimum atomic E-state index is -0.175. The highest BCUT2D eigenvalue weighted by molar-refractivity contribution is 5.92. The van der Waals surface area contributed by atoms with Gasteiger partial charge >= 0.3 is 0 Å². The maximum atomic E-state index is 11.9. The molecule has 2 aromatic rings. The number of nitrogens with zero attached hydrogens (tertiary/aromatic N) is 2. The lowest BCUT2D eigenvalue weighted by atomic mass is 10.1. The molecule has 5 nitrogen and oxygen atoms in total.